The Kier molecular flexibility index (Phi) is 6.83. The predicted molar refractivity (Wildman–Crippen MR) is 113 cm³/mol. The zero-order valence-electron chi connectivity index (χ0n) is 18.0. The molecule has 0 aromatic carbocycles. The molecule has 30 heavy (non-hydrogen) atoms. The van der Waals surface area contributed by atoms with Gasteiger partial charge in [0.15, 0.2) is 5.65 Å². The Labute approximate surface area is 175 Å². The number of aryl methyl sites for hydroxylation is 3. The minimum absolute atomic E-state index is 0.128. The number of fused-ring (bicyclic) bond motifs is 1. The van der Waals surface area contributed by atoms with Crippen LogP contribution in [0.2, 0.25) is 0 Å². The second-order valence-electron chi connectivity index (χ2n) is 6.88. The van der Waals surface area contributed by atoms with Crippen LogP contribution in [-0.2, 0) is 23.0 Å². The summed E-state index contributed by atoms with van der Waals surface area (Å²) in [6.07, 6.45) is 2.46. The van der Waals surface area contributed by atoms with Gasteiger partial charge in [-0.05, 0) is 43.5 Å². The lowest BCUT2D eigenvalue weighted by Crippen LogP contribution is -2.15. The van der Waals surface area contributed by atoms with Crippen LogP contribution in [0.3, 0.4) is 0 Å². The quantitative estimate of drug-likeness (QED) is 0.538. The number of hydrogen-bond donors (Lipinski definition) is 1. The molecule has 1 amide bonds. The minimum Gasteiger partial charge on any atom is -0.479 e. The summed E-state index contributed by atoms with van der Waals surface area (Å²) in [5.41, 5.74) is 4.23. The van der Waals surface area contributed by atoms with Gasteiger partial charge in [-0.3, -0.25) is 4.79 Å². The SMILES string of the molecule is COCCOc1ncccc1NC(=O)CCc1c(C)nc2c(c(OC)nn2C)c1C. The van der Waals surface area contributed by atoms with Crippen LogP contribution in [0.1, 0.15) is 23.2 Å². The van der Waals surface area contributed by atoms with Gasteiger partial charge >= 0.3 is 0 Å². The lowest BCUT2D eigenvalue weighted by atomic mass is 10.00. The molecule has 0 aliphatic rings. The smallest absolute Gasteiger partial charge is 0.242 e. The fourth-order valence-electron chi connectivity index (χ4n) is 3.38. The predicted octanol–water partition coefficient (Wildman–Crippen LogP) is 2.59. The van der Waals surface area contributed by atoms with Crippen LogP contribution < -0.4 is 14.8 Å². The number of rotatable bonds is 9. The first kappa shape index (κ1) is 21.5. The third-order valence-corrected chi connectivity index (χ3v) is 4.89. The van der Waals surface area contributed by atoms with Gasteiger partial charge in [-0.15, -0.1) is 5.10 Å². The third-order valence-electron chi connectivity index (χ3n) is 4.89. The van der Waals surface area contributed by atoms with E-state index in [2.05, 4.69) is 20.4 Å². The van der Waals surface area contributed by atoms with Crippen LogP contribution in [0, 0.1) is 13.8 Å². The van der Waals surface area contributed by atoms with Crippen molar-refractivity contribution in [3.63, 3.8) is 0 Å². The van der Waals surface area contributed by atoms with Crippen molar-refractivity contribution in [1.29, 1.82) is 0 Å². The van der Waals surface area contributed by atoms with Gasteiger partial charge in [-0.2, -0.15) is 0 Å². The van der Waals surface area contributed by atoms with Crippen LogP contribution in [0.5, 0.6) is 11.8 Å². The third kappa shape index (κ3) is 4.51. The highest BCUT2D eigenvalue weighted by molar-refractivity contribution is 5.92. The zero-order valence-corrected chi connectivity index (χ0v) is 18.0. The van der Waals surface area contributed by atoms with Crippen LogP contribution >= 0.6 is 0 Å². The molecule has 0 aliphatic heterocycles. The number of pyridine rings is 2. The molecule has 0 atom stereocenters. The highest BCUT2D eigenvalue weighted by atomic mass is 16.5. The van der Waals surface area contributed by atoms with Gasteiger partial charge in [0.2, 0.25) is 17.7 Å². The van der Waals surface area contributed by atoms with Crippen molar-refractivity contribution in [2.24, 2.45) is 7.05 Å². The van der Waals surface area contributed by atoms with Crippen LogP contribution in [-0.4, -0.2) is 53.1 Å². The molecule has 0 unspecified atom stereocenters. The molecule has 3 aromatic rings. The Hall–Kier alpha value is -3.20. The Morgan fingerprint density at radius 3 is 2.73 bits per heavy atom. The number of aromatic nitrogens is 4. The molecule has 0 bridgehead atoms. The molecular weight excluding hydrogens is 386 g/mol. The second kappa shape index (κ2) is 9.53. The first-order chi connectivity index (χ1) is 14.5. The summed E-state index contributed by atoms with van der Waals surface area (Å²) in [4.78, 5) is 21.5. The molecule has 9 heteroatoms. The summed E-state index contributed by atoms with van der Waals surface area (Å²) in [6, 6.07) is 3.51. The molecular formula is C21H27N5O4. The van der Waals surface area contributed by atoms with Crippen LogP contribution in [0.25, 0.3) is 11.0 Å². The summed E-state index contributed by atoms with van der Waals surface area (Å²) >= 11 is 0. The lowest BCUT2D eigenvalue weighted by molar-refractivity contribution is -0.116. The van der Waals surface area contributed by atoms with Gasteiger partial charge < -0.3 is 19.5 Å². The van der Waals surface area contributed by atoms with Crippen molar-refractivity contribution >= 4 is 22.6 Å². The van der Waals surface area contributed by atoms with E-state index in [0.717, 1.165) is 27.9 Å². The van der Waals surface area contributed by atoms with E-state index in [1.165, 1.54) is 0 Å². The normalized spacial score (nSPS) is 11.0. The zero-order chi connectivity index (χ0) is 21.7. The van der Waals surface area contributed by atoms with E-state index < -0.39 is 0 Å². The van der Waals surface area contributed by atoms with Crippen molar-refractivity contribution in [3.8, 4) is 11.8 Å². The fraction of sp³-hybridized carbons (Fsp3) is 0.429. The number of ether oxygens (including phenoxy) is 3. The van der Waals surface area contributed by atoms with Gasteiger partial charge in [0, 0.05) is 32.5 Å². The van der Waals surface area contributed by atoms with Crippen molar-refractivity contribution in [2.75, 3.05) is 32.8 Å². The van der Waals surface area contributed by atoms with Crippen molar-refractivity contribution in [1.82, 2.24) is 19.7 Å². The molecule has 3 heterocycles. The molecule has 0 saturated heterocycles. The molecule has 1 N–H and O–H groups in total. The number of amides is 1. The van der Waals surface area contributed by atoms with E-state index in [1.54, 1.807) is 37.2 Å². The van der Waals surface area contributed by atoms with Gasteiger partial charge in [0.1, 0.15) is 12.3 Å². The highest BCUT2D eigenvalue weighted by Crippen LogP contribution is 2.30. The summed E-state index contributed by atoms with van der Waals surface area (Å²) in [7, 11) is 5.03. The van der Waals surface area contributed by atoms with Gasteiger partial charge in [0.25, 0.3) is 0 Å². The number of carbonyl (C=O) groups is 1. The lowest BCUT2D eigenvalue weighted by Gasteiger charge is -2.13. The number of methoxy groups -OCH3 is 2. The highest BCUT2D eigenvalue weighted by Gasteiger charge is 2.19. The summed E-state index contributed by atoms with van der Waals surface area (Å²) in [6.45, 7) is 4.75. The van der Waals surface area contributed by atoms with E-state index in [1.807, 2.05) is 20.9 Å². The monoisotopic (exact) mass is 413 g/mol. The standard InChI is InChI=1S/C21H27N5O4/c1-13-15(14(2)23-19-18(13)21(29-5)25-26(19)3)8-9-17(27)24-16-7-6-10-22-20(16)30-12-11-28-4/h6-7,10H,8-9,11-12H2,1-5H3,(H,24,27). The first-order valence-electron chi connectivity index (χ1n) is 9.69. The molecule has 0 fully saturated rings. The average Bonchev–Trinajstić information content (AvgIpc) is 3.05. The number of nitrogens with zero attached hydrogens (tertiary/aromatic N) is 4. The summed E-state index contributed by atoms with van der Waals surface area (Å²) < 4.78 is 17.7. The van der Waals surface area contributed by atoms with Crippen LogP contribution in [0.15, 0.2) is 18.3 Å². The summed E-state index contributed by atoms with van der Waals surface area (Å²) in [5.74, 6) is 0.784. The van der Waals surface area contributed by atoms with E-state index in [9.17, 15) is 4.79 Å². The Balaban J connectivity index is 1.73. The number of hydrogen-bond acceptors (Lipinski definition) is 7. The van der Waals surface area contributed by atoms with E-state index in [-0.39, 0.29) is 5.91 Å². The van der Waals surface area contributed by atoms with Crippen molar-refractivity contribution in [3.05, 3.63) is 35.2 Å². The van der Waals surface area contributed by atoms with Crippen molar-refractivity contribution < 1.29 is 19.0 Å². The molecule has 160 valence electrons. The molecule has 0 spiro atoms. The van der Waals surface area contributed by atoms with Crippen LogP contribution in [0.4, 0.5) is 5.69 Å². The molecule has 3 aromatic heterocycles. The molecule has 3 rings (SSSR count). The van der Waals surface area contributed by atoms with Gasteiger partial charge in [0.05, 0.1) is 19.1 Å². The number of carbonyl (C=O) groups excluding carboxylic acids is 1. The maximum absolute atomic E-state index is 12.6. The second-order valence-corrected chi connectivity index (χ2v) is 6.88. The number of anilines is 1. The Bertz CT molecular complexity index is 1050. The Morgan fingerprint density at radius 2 is 2.00 bits per heavy atom. The molecule has 0 aliphatic carbocycles. The maximum Gasteiger partial charge on any atom is 0.242 e. The topological polar surface area (TPSA) is 100 Å². The molecule has 9 nitrogen and oxygen atoms in total. The molecule has 0 saturated carbocycles. The minimum atomic E-state index is -0.128. The average molecular weight is 413 g/mol. The summed E-state index contributed by atoms with van der Waals surface area (Å²) in [5, 5.41) is 8.12. The van der Waals surface area contributed by atoms with E-state index in [4.69, 9.17) is 14.2 Å². The van der Waals surface area contributed by atoms with Gasteiger partial charge in [-0.25, -0.2) is 14.6 Å². The number of nitrogens with one attached hydrogen (secondary N) is 1. The van der Waals surface area contributed by atoms with Crippen molar-refractivity contribution in [2.45, 2.75) is 26.7 Å². The first-order valence-corrected chi connectivity index (χ1v) is 9.69. The van der Waals surface area contributed by atoms with E-state index in [0.29, 0.717) is 43.5 Å². The van der Waals surface area contributed by atoms with E-state index >= 15 is 0 Å². The largest absolute Gasteiger partial charge is 0.479 e. The fourth-order valence-corrected chi connectivity index (χ4v) is 3.38. The maximum atomic E-state index is 12.6. The Morgan fingerprint density at radius 1 is 1.20 bits per heavy atom. The molecule has 0 radical (unpaired) electrons. The van der Waals surface area contributed by atoms with Gasteiger partial charge in [-0.1, -0.05) is 0 Å².